The molecule has 1 aromatic heterocycles. The van der Waals surface area contributed by atoms with Crippen molar-refractivity contribution in [2.75, 3.05) is 26.2 Å². The van der Waals surface area contributed by atoms with Crippen LogP contribution in [0, 0.1) is 6.92 Å². The number of rotatable bonds is 4. The molecule has 9 heteroatoms. The van der Waals surface area contributed by atoms with E-state index in [0.717, 1.165) is 0 Å². The molecule has 0 bridgehead atoms. The third-order valence-electron chi connectivity index (χ3n) is 3.22. The smallest absolute Gasteiger partial charge is 0.247 e. The Bertz CT molecular complexity index is 583. The summed E-state index contributed by atoms with van der Waals surface area (Å²) in [6.07, 6.45) is 1.28. The Kier molecular flexibility index (Phi) is 4.41. The monoisotopic (exact) mass is 301 g/mol. The van der Waals surface area contributed by atoms with Crippen LogP contribution in [0.5, 0.6) is 0 Å². The molecular weight excluding hydrogens is 282 g/mol. The second-order valence-corrected chi connectivity index (χ2v) is 6.45. The predicted octanol–water partition coefficient (Wildman–Crippen LogP) is -1.18. The van der Waals surface area contributed by atoms with Crippen molar-refractivity contribution in [2.45, 2.75) is 24.8 Å². The molecule has 1 aliphatic rings. The Morgan fingerprint density at radius 2 is 2.35 bits per heavy atom. The highest BCUT2D eigenvalue weighted by Gasteiger charge is 2.38. The molecule has 20 heavy (non-hydrogen) atoms. The first-order chi connectivity index (χ1) is 9.48. The van der Waals surface area contributed by atoms with E-state index in [1.165, 1.54) is 10.5 Å². The number of likely N-dealkylation sites (N-methyl/N-ethyl adjacent to an activating group) is 1. The third-order valence-corrected chi connectivity index (χ3v) is 5.24. The molecule has 0 spiro atoms. The quantitative estimate of drug-likeness (QED) is 0.649. The first-order valence-electron chi connectivity index (χ1n) is 6.48. The minimum absolute atomic E-state index is 0.119. The summed E-state index contributed by atoms with van der Waals surface area (Å²) >= 11 is 0. The lowest BCUT2D eigenvalue weighted by molar-refractivity contribution is -0.125. The number of piperazine rings is 1. The molecule has 2 rings (SSSR count). The average Bonchev–Trinajstić information content (AvgIpc) is 2.86. The molecule has 0 aliphatic carbocycles. The zero-order valence-corrected chi connectivity index (χ0v) is 12.3. The van der Waals surface area contributed by atoms with Crippen LogP contribution in [-0.2, 0) is 14.8 Å². The number of H-pyrrole nitrogens is 1. The maximum absolute atomic E-state index is 12.6. The van der Waals surface area contributed by atoms with E-state index in [4.69, 9.17) is 0 Å². The van der Waals surface area contributed by atoms with E-state index < -0.39 is 16.1 Å². The third kappa shape index (κ3) is 2.69. The number of aryl methyl sites for hydroxylation is 1. The van der Waals surface area contributed by atoms with Gasteiger partial charge in [0.05, 0.1) is 11.9 Å². The lowest BCUT2D eigenvalue weighted by Crippen LogP contribution is -2.59. The minimum atomic E-state index is -3.72. The van der Waals surface area contributed by atoms with Gasteiger partial charge in [0.2, 0.25) is 15.9 Å². The Morgan fingerprint density at radius 3 is 2.95 bits per heavy atom. The van der Waals surface area contributed by atoms with Crippen molar-refractivity contribution >= 4 is 15.9 Å². The lowest BCUT2D eigenvalue weighted by atomic mass is 10.2. The molecule has 1 fully saturated rings. The molecule has 0 radical (unpaired) electrons. The summed E-state index contributed by atoms with van der Waals surface area (Å²) in [4.78, 5) is 12.1. The van der Waals surface area contributed by atoms with Gasteiger partial charge in [-0.1, -0.05) is 0 Å². The van der Waals surface area contributed by atoms with Crippen LogP contribution in [0.2, 0.25) is 0 Å². The molecule has 1 aliphatic heterocycles. The van der Waals surface area contributed by atoms with Crippen LogP contribution in [-0.4, -0.2) is 61.0 Å². The van der Waals surface area contributed by atoms with Gasteiger partial charge in [-0.15, -0.1) is 0 Å². The van der Waals surface area contributed by atoms with Crippen LogP contribution in [0.4, 0.5) is 0 Å². The van der Waals surface area contributed by atoms with Crippen LogP contribution in [0.15, 0.2) is 11.1 Å². The number of hydrogen-bond acceptors (Lipinski definition) is 5. The average molecular weight is 301 g/mol. The highest BCUT2D eigenvalue weighted by Crippen LogP contribution is 2.21. The number of hydrogen-bond donors (Lipinski definition) is 3. The summed E-state index contributed by atoms with van der Waals surface area (Å²) in [6.45, 7) is 4.99. The maximum atomic E-state index is 12.6. The molecule has 1 saturated heterocycles. The van der Waals surface area contributed by atoms with E-state index in [1.807, 2.05) is 0 Å². The fraction of sp³-hybridized carbons (Fsp3) is 0.636. The van der Waals surface area contributed by atoms with Crippen LogP contribution in [0.1, 0.15) is 12.6 Å². The first kappa shape index (κ1) is 14.9. The molecule has 1 unspecified atom stereocenters. The molecule has 2 heterocycles. The van der Waals surface area contributed by atoms with Crippen LogP contribution in [0.25, 0.3) is 0 Å². The Morgan fingerprint density at radius 1 is 1.60 bits per heavy atom. The van der Waals surface area contributed by atoms with Crippen molar-refractivity contribution in [2.24, 2.45) is 0 Å². The van der Waals surface area contributed by atoms with E-state index in [2.05, 4.69) is 20.8 Å². The number of nitrogens with one attached hydrogen (secondary N) is 3. The van der Waals surface area contributed by atoms with Crippen molar-refractivity contribution in [3.63, 3.8) is 0 Å². The van der Waals surface area contributed by atoms with E-state index >= 15 is 0 Å². The molecule has 112 valence electrons. The SMILES string of the molecule is CCNC(=O)C1CNCCN1S(=O)(=O)c1cn[nH]c1C. The molecular formula is C11H19N5O3S. The van der Waals surface area contributed by atoms with Gasteiger partial charge in [-0.3, -0.25) is 9.89 Å². The van der Waals surface area contributed by atoms with Gasteiger partial charge >= 0.3 is 0 Å². The number of carbonyl (C=O) groups excluding carboxylic acids is 1. The second kappa shape index (κ2) is 5.90. The largest absolute Gasteiger partial charge is 0.355 e. The number of amides is 1. The van der Waals surface area contributed by atoms with Crippen LogP contribution < -0.4 is 10.6 Å². The van der Waals surface area contributed by atoms with Gasteiger partial charge in [0.1, 0.15) is 10.9 Å². The van der Waals surface area contributed by atoms with Gasteiger partial charge < -0.3 is 10.6 Å². The van der Waals surface area contributed by atoms with Gasteiger partial charge in [-0.2, -0.15) is 9.40 Å². The summed E-state index contributed by atoms with van der Waals surface area (Å²) in [6, 6.07) is -0.733. The normalized spacial score (nSPS) is 20.8. The molecule has 1 amide bonds. The van der Waals surface area contributed by atoms with Crippen molar-refractivity contribution in [1.29, 1.82) is 0 Å². The summed E-state index contributed by atoms with van der Waals surface area (Å²) in [5.74, 6) is -0.288. The minimum Gasteiger partial charge on any atom is -0.355 e. The van der Waals surface area contributed by atoms with Gasteiger partial charge in [0.25, 0.3) is 0 Å². The number of carbonyl (C=O) groups is 1. The van der Waals surface area contributed by atoms with Crippen molar-refractivity contribution in [3.8, 4) is 0 Å². The van der Waals surface area contributed by atoms with Gasteiger partial charge in [-0.25, -0.2) is 8.42 Å². The first-order valence-corrected chi connectivity index (χ1v) is 7.92. The number of sulfonamides is 1. The van der Waals surface area contributed by atoms with E-state index in [0.29, 0.717) is 25.3 Å². The summed E-state index contributed by atoms with van der Waals surface area (Å²) in [7, 11) is -3.72. The number of nitrogens with zero attached hydrogens (tertiary/aromatic N) is 2. The zero-order valence-electron chi connectivity index (χ0n) is 11.5. The van der Waals surface area contributed by atoms with Crippen molar-refractivity contribution in [3.05, 3.63) is 11.9 Å². The van der Waals surface area contributed by atoms with Gasteiger partial charge in [0.15, 0.2) is 0 Å². The Labute approximate surface area is 118 Å². The van der Waals surface area contributed by atoms with E-state index in [9.17, 15) is 13.2 Å². The summed E-state index contributed by atoms with van der Waals surface area (Å²) in [5.41, 5.74) is 0.471. The van der Waals surface area contributed by atoms with E-state index in [1.54, 1.807) is 13.8 Å². The maximum Gasteiger partial charge on any atom is 0.247 e. The highest BCUT2D eigenvalue weighted by molar-refractivity contribution is 7.89. The molecule has 0 saturated carbocycles. The molecule has 1 atom stereocenters. The Hall–Kier alpha value is -1.45. The second-order valence-electron chi connectivity index (χ2n) is 4.59. The Balaban J connectivity index is 2.32. The van der Waals surface area contributed by atoms with Crippen molar-refractivity contribution < 1.29 is 13.2 Å². The van der Waals surface area contributed by atoms with Crippen LogP contribution >= 0.6 is 0 Å². The highest BCUT2D eigenvalue weighted by atomic mass is 32.2. The molecule has 3 N–H and O–H groups in total. The zero-order chi connectivity index (χ0) is 14.8. The molecule has 1 aromatic rings. The van der Waals surface area contributed by atoms with Crippen molar-refractivity contribution in [1.82, 2.24) is 25.1 Å². The van der Waals surface area contributed by atoms with Gasteiger partial charge in [-0.05, 0) is 13.8 Å². The fourth-order valence-corrected chi connectivity index (χ4v) is 3.92. The topological polar surface area (TPSA) is 107 Å². The molecule has 0 aromatic carbocycles. The summed E-state index contributed by atoms with van der Waals surface area (Å²) < 4.78 is 26.5. The standard InChI is InChI=1S/C11H19N5O3S/c1-3-13-11(17)9-6-12-4-5-16(9)20(18,19)10-7-14-15-8(10)2/h7,9,12H,3-6H2,1-2H3,(H,13,17)(H,14,15). The van der Waals surface area contributed by atoms with Gasteiger partial charge in [0, 0.05) is 26.2 Å². The molecule has 8 nitrogen and oxygen atoms in total. The van der Waals surface area contributed by atoms with E-state index in [-0.39, 0.29) is 17.3 Å². The van der Waals surface area contributed by atoms with Crippen LogP contribution in [0.3, 0.4) is 0 Å². The summed E-state index contributed by atoms with van der Waals surface area (Å²) in [5, 5.41) is 12.1. The number of aromatic amines is 1. The lowest BCUT2D eigenvalue weighted by Gasteiger charge is -2.33. The number of aromatic nitrogens is 2. The predicted molar refractivity (Wildman–Crippen MR) is 72.6 cm³/mol. The fourth-order valence-electron chi connectivity index (χ4n) is 2.21.